The SMILES string of the molecule is CC1CCCCCCC=C1C(=O)N(C)C. The summed E-state index contributed by atoms with van der Waals surface area (Å²) in [4.78, 5) is 13.6. The maximum atomic E-state index is 11.9. The largest absolute Gasteiger partial charge is 0.345 e. The molecule has 0 aromatic carbocycles. The Morgan fingerprint density at radius 3 is 2.60 bits per heavy atom. The Balaban J connectivity index is 2.74. The molecule has 0 saturated carbocycles. The molecule has 0 saturated heterocycles. The number of nitrogens with zero attached hydrogens (tertiary/aromatic N) is 1. The standard InChI is InChI=1S/C13H23NO/c1-11-9-7-5-4-6-8-10-12(11)13(15)14(2)3/h10-11H,4-9H2,1-3H3. The minimum atomic E-state index is 0.199. The highest BCUT2D eigenvalue weighted by atomic mass is 16.2. The van der Waals surface area contributed by atoms with Gasteiger partial charge in [-0.05, 0) is 25.2 Å². The van der Waals surface area contributed by atoms with Crippen molar-refractivity contribution in [3.63, 3.8) is 0 Å². The van der Waals surface area contributed by atoms with Crippen molar-refractivity contribution in [1.29, 1.82) is 0 Å². The summed E-state index contributed by atoms with van der Waals surface area (Å²) in [5.41, 5.74) is 1.03. The molecule has 1 unspecified atom stereocenters. The molecular formula is C13H23NO. The van der Waals surface area contributed by atoms with Crippen LogP contribution in [0.3, 0.4) is 0 Å². The average Bonchev–Trinajstić information content (AvgIpc) is 2.29. The predicted molar refractivity (Wildman–Crippen MR) is 63.6 cm³/mol. The first-order valence-electron chi connectivity index (χ1n) is 6.04. The molecule has 0 heterocycles. The molecule has 0 fully saturated rings. The first kappa shape index (κ1) is 12.3. The van der Waals surface area contributed by atoms with Crippen LogP contribution in [0.25, 0.3) is 0 Å². The van der Waals surface area contributed by atoms with Gasteiger partial charge in [0, 0.05) is 19.7 Å². The van der Waals surface area contributed by atoms with Crippen LogP contribution in [0, 0.1) is 5.92 Å². The summed E-state index contributed by atoms with van der Waals surface area (Å²) in [5.74, 6) is 0.627. The fourth-order valence-electron chi connectivity index (χ4n) is 2.12. The van der Waals surface area contributed by atoms with E-state index < -0.39 is 0 Å². The second-order valence-corrected chi connectivity index (χ2v) is 4.75. The number of carbonyl (C=O) groups is 1. The first-order valence-corrected chi connectivity index (χ1v) is 6.04. The quantitative estimate of drug-likeness (QED) is 0.650. The van der Waals surface area contributed by atoms with E-state index in [0.717, 1.165) is 18.4 Å². The summed E-state index contributed by atoms with van der Waals surface area (Å²) < 4.78 is 0. The molecule has 1 aliphatic rings. The van der Waals surface area contributed by atoms with E-state index in [2.05, 4.69) is 13.0 Å². The molecule has 1 atom stereocenters. The zero-order valence-electron chi connectivity index (χ0n) is 10.3. The van der Waals surface area contributed by atoms with Gasteiger partial charge >= 0.3 is 0 Å². The summed E-state index contributed by atoms with van der Waals surface area (Å²) in [6, 6.07) is 0. The lowest BCUT2D eigenvalue weighted by molar-refractivity contribution is -0.125. The van der Waals surface area contributed by atoms with Gasteiger partial charge in [-0.2, -0.15) is 0 Å². The summed E-state index contributed by atoms with van der Waals surface area (Å²) >= 11 is 0. The normalized spacial score (nSPS) is 23.4. The molecule has 0 N–H and O–H groups in total. The van der Waals surface area contributed by atoms with Crippen LogP contribution in [0.1, 0.15) is 45.4 Å². The van der Waals surface area contributed by atoms with Crippen LogP contribution in [0.5, 0.6) is 0 Å². The summed E-state index contributed by atoms with van der Waals surface area (Å²) in [6.07, 6.45) is 9.52. The first-order chi connectivity index (χ1) is 7.13. The van der Waals surface area contributed by atoms with Gasteiger partial charge in [-0.15, -0.1) is 0 Å². The Hall–Kier alpha value is -0.790. The second-order valence-electron chi connectivity index (χ2n) is 4.75. The molecule has 2 nitrogen and oxygen atoms in total. The van der Waals surface area contributed by atoms with Crippen molar-refractivity contribution >= 4 is 5.91 Å². The van der Waals surface area contributed by atoms with Gasteiger partial charge in [-0.3, -0.25) is 4.79 Å². The molecular weight excluding hydrogens is 186 g/mol. The maximum absolute atomic E-state index is 11.9. The minimum Gasteiger partial charge on any atom is -0.345 e. The Morgan fingerprint density at radius 2 is 1.93 bits per heavy atom. The van der Waals surface area contributed by atoms with Crippen LogP contribution >= 0.6 is 0 Å². The van der Waals surface area contributed by atoms with Gasteiger partial charge in [0.15, 0.2) is 0 Å². The van der Waals surface area contributed by atoms with Crippen molar-refractivity contribution in [1.82, 2.24) is 4.90 Å². The van der Waals surface area contributed by atoms with E-state index in [1.54, 1.807) is 4.90 Å². The van der Waals surface area contributed by atoms with Gasteiger partial charge in [-0.25, -0.2) is 0 Å². The van der Waals surface area contributed by atoms with Crippen molar-refractivity contribution in [3.8, 4) is 0 Å². The van der Waals surface area contributed by atoms with E-state index in [0.29, 0.717) is 5.92 Å². The van der Waals surface area contributed by atoms with Crippen molar-refractivity contribution in [2.45, 2.75) is 45.4 Å². The zero-order chi connectivity index (χ0) is 11.3. The van der Waals surface area contributed by atoms with Crippen LogP contribution in [0.2, 0.25) is 0 Å². The highest BCUT2D eigenvalue weighted by molar-refractivity contribution is 5.93. The molecule has 1 amide bonds. The molecule has 15 heavy (non-hydrogen) atoms. The molecule has 86 valence electrons. The summed E-state index contributed by atoms with van der Waals surface area (Å²) in [7, 11) is 3.67. The van der Waals surface area contributed by atoms with Gasteiger partial charge < -0.3 is 4.90 Å². The number of hydrogen-bond acceptors (Lipinski definition) is 1. The molecule has 1 rings (SSSR count). The topological polar surface area (TPSA) is 20.3 Å². The van der Waals surface area contributed by atoms with Gasteiger partial charge in [0.1, 0.15) is 0 Å². The van der Waals surface area contributed by atoms with E-state index in [1.165, 1.54) is 25.7 Å². The number of allylic oxidation sites excluding steroid dienone is 1. The number of likely N-dealkylation sites (N-methyl/N-ethyl adjacent to an activating group) is 1. The Morgan fingerprint density at radius 1 is 1.27 bits per heavy atom. The van der Waals surface area contributed by atoms with Crippen molar-refractivity contribution < 1.29 is 4.79 Å². The molecule has 0 aromatic heterocycles. The third-order valence-electron chi connectivity index (χ3n) is 3.14. The van der Waals surface area contributed by atoms with Crippen molar-refractivity contribution in [2.24, 2.45) is 5.92 Å². The van der Waals surface area contributed by atoms with Crippen LogP contribution in [-0.2, 0) is 4.79 Å². The van der Waals surface area contributed by atoms with E-state index in [9.17, 15) is 4.79 Å². The Labute approximate surface area is 93.3 Å². The predicted octanol–water partition coefficient (Wildman–Crippen LogP) is 2.99. The minimum absolute atomic E-state index is 0.199. The smallest absolute Gasteiger partial charge is 0.249 e. The highest BCUT2D eigenvalue weighted by Crippen LogP contribution is 2.23. The maximum Gasteiger partial charge on any atom is 0.249 e. The van der Waals surface area contributed by atoms with Crippen LogP contribution < -0.4 is 0 Å². The molecule has 0 radical (unpaired) electrons. The summed E-state index contributed by atoms with van der Waals surface area (Å²) in [5, 5.41) is 0. The fraction of sp³-hybridized carbons (Fsp3) is 0.769. The molecule has 0 spiro atoms. The average molecular weight is 209 g/mol. The molecule has 0 bridgehead atoms. The van der Waals surface area contributed by atoms with E-state index in [4.69, 9.17) is 0 Å². The van der Waals surface area contributed by atoms with Crippen LogP contribution in [0.4, 0.5) is 0 Å². The van der Waals surface area contributed by atoms with Crippen LogP contribution in [0.15, 0.2) is 11.6 Å². The lowest BCUT2D eigenvalue weighted by Crippen LogP contribution is -2.26. The summed E-state index contributed by atoms with van der Waals surface area (Å²) in [6.45, 7) is 2.18. The Bertz CT molecular complexity index is 243. The van der Waals surface area contributed by atoms with Crippen molar-refractivity contribution in [3.05, 3.63) is 11.6 Å². The van der Waals surface area contributed by atoms with E-state index in [-0.39, 0.29) is 5.91 Å². The Kier molecular flexibility index (Phi) is 4.86. The van der Waals surface area contributed by atoms with Crippen molar-refractivity contribution in [2.75, 3.05) is 14.1 Å². The zero-order valence-corrected chi connectivity index (χ0v) is 10.3. The third-order valence-corrected chi connectivity index (χ3v) is 3.14. The molecule has 2 heteroatoms. The van der Waals surface area contributed by atoms with Gasteiger partial charge in [-0.1, -0.05) is 32.3 Å². The molecule has 0 aromatic rings. The number of carbonyl (C=O) groups excluding carboxylic acids is 1. The number of amides is 1. The fourth-order valence-corrected chi connectivity index (χ4v) is 2.12. The second kappa shape index (κ2) is 5.94. The lowest BCUT2D eigenvalue weighted by Gasteiger charge is -2.18. The number of hydrogen-bond donors (Lipinski definition) is 0. The lowest BCUT2D eigenvalue weighted by atomic mass is 9.94. The van der Waals surface area contributed by atoms with E-state index >= 15 is 0 Å². The third kappa shape index (κ3) is 3.69. The van der Waals surface area contributed by atoms with E-state index in [1.807, 2.05) is 14.1 Å². The van der Waals surface area contributed by atoms with Crippen LogP contribution in [-0.4, -0.2) is 24.9 Å². The highest BCUT2D eigenvalue weighted by Gasteiger charge is 2.18. The monoisotopic (exact) mass is 209 g/mol. The molecule has 1 aliphatic carbocycles. The van der Waals surface area contributed by atoms with Gasteiger partial charge in [0.05, 0.1) is 0 Å². The molecule has 0 aliphatic heterocycles. The van der Waals surface area contributed by atoms with Gasteiger partial charge in [0.25, 0.3) is 0 Å². The van der Waals surface area contributed by atoms with Gasteiger partial charge in [0.2, 0.25) is 5.91 Å². The number of rotatable bonds is 1.